The molecule has 1 N–H and O–H groups in total. The molecule has 1 aromatic carbocycles. The van der Waals surface area contributed by atoms with Gasteiger partial charge < -0.3 is 14.5 Å². The Labute approximate surface area is 175 Å². The highest BCUT2D eigenvalue weighted by Crippen LogP contribution is 2.61. The molecule has 1 aromatic heterocycles. The van der Waals surface area contributed by atoms with Gasteiger partial charge in [0.1, 0.15) is 5.58 Å². The minimum absolute atomic E-state index is 0.0655. The van der Waals surface area contributed by atoms with Gasteiger partial charge in [-0.25, -0.2) is 4.79 Å². The number of carbonyl (C=O) groups is 2. The van der Waals surface area contributed by atoms with Gasteiger partial charge >= 0.3 is 5.97 Å². The van der Waals surface area contributed by atoms with E-state index >= 15 is 0 Å². The molecule has 6 rings (SSSR count). The minimum Gasteiger partial charge on any atom is -0.450 e. The van der Waals surface area contributed by atoms with Gasteiger partial charge in [-0.3, -0.25) is 9.59 Å². The zero-order chi connectivity index (χ0) is 20.9. The van der Waals surface area contributed by atoms with Gasteiger partial charge in [-0.05, 0) is 80.8 Å². The van der Waals surface area contributed by atoms with Crippen LogP contribution in [0.4, 0.5) is 0 Å². The van der Waals surface area contributed by atoms with Crippen LogP contribution < -0.4 is 10.7 Å². The first-order valence-electron chi connectivity index (χ1n) is 10.9. The van der Waals surface area contributed by atoms with Crippen molar-refractivity contribution in [3.05, 3.63) is 46.3 Å². The predicted molar refractivity (Wildman–Crippen MR) is 111 cm³/mol. The summed E-state index contributed by atoms with van der Waals surface area (Å²) < 4.78 is 10.6. The van der Waals surface area contributed by atoms with E-state index in [9.17, 15) is 14.4 Å². The summed E-state index contributed by atoms with van der Waals surface area (Å²) >= 11 is 0. The van der Waals surface area contributed by atoms with Gasteiger partial charge in [0.05, 0.1) is 5.39 Å². The second-order valence-electron chi connectivity index (χ2n) is 9.62. The van der Waals surface area contributed by atoms with Gasteiger partial charge in [-0.15, -0.1) is 0 Å². The summed E-state index contributed by atoms with van der Waals surface area (Å²) in [5, 5.41) is 3.48. The van der Waals surface area contributed by atoms with E-state index in [4.69, 9.17) is 9.15 Å². The Kier molecular flexibility index (Phi) is 4.68. The molecule has 4 fully saturated rings. The van der Waals surface area contributed by atoms with E-state index in [-0.39, 0.29) is 35.2 Å². The number of hydrogen-bond acceptors (Lipinski definition) is 5. The lowest BCUT2D eigenvalue weighted by molar-refractivity contribution is -0.128. The van der Waals surface area contributed by atoms with E-state index in [0.29, 0.717) is 11.0 Å². The zero-order valence-electron chi connectivity index (χ0n) is 17.2. The number of para-hydroxylation sites is 1. The normalized spacial score (nSPS) is 30.2. The van der Waals surface area contributed by atoms with E-state index in [1.165, 1.54) is 38.5 Å². The molecule has 0 saturated heterocycles. The molecule has 1 atom stereocenters. The summed E-state index contributed by atoms with van der Waals surface area (Å²) in [7, 11) is 0. The summed E-state index contributed by atoms with van der Waals surface area (Å²) in [6.45, 7) is 1.71. The minimum atomic E-state index is -0.810. The van der Waals surface area contributed by atoms with Crippen molar-refractivity contribution < 1.29 is 18.7 Å². The van der Waals surface area contributed by atoms with Crippen molar-refractivity contribution in [3.63, 3.8) is 0 Å². The van der Waals surface area contributed by atoms with Gasteiger partial charge in [0.15, 0.2) is 12.0 Å². The van der Waals surface area contributed by atoms with Crippen molar-refractivity contribution in [2.75, 3.05) is 6.61 Å². The molecule has 0 radical (unpaired) electrons. The maximum atomic E-state index is 12.5. The van der Waals surface area contributed by atoms with Crippen molar-refractivity contribution >= 4 is 22.8 Å². The van der Waals surface area contributed by atoms with Crippen LogP contribution in [0.5, 0.6) is 0 Å². The van der Waals surface area contributed by atoms with Gasteiger partial charge in [-0.2, -0.15) is 0 Å². The fourth-order valence-electron chi connectivity index (χ4n) is 6.55. The molecule has 0 aliphatic heterocycles. The SMILES string of the molecule is C[C@H](NC(=O)COC(=O)c1cc(=O)c2ccccc2o1)C12CC3CC(CC(C3)C1)C2. The Bertz CT molecular complexity index is 1020. The Hall–Kier alpha value is -2.63. The highest BCUT2D eigenvalue weighted by Gasteiger charge is 2.53. The summed E-state index contributed by atoms with van der Waals surface area (Å²) in [5.74, 6) is 1.11. The van der Waals surface area contributed by atoms with Gasteiger partial charge in [-0.1, -0.05) is 12.1 Å². The van der Waals surface area contributed by atoms with Crippen LogP contribution in [0.25, 0.3) is 11.0 Å². The van der Waals surface area contributed by atoms with E-state index in [1.807, 2.05) is 0 Å². The van der Waals surface area contributed by atoms with Crippen molar-refractivity contribution in [2.24, 2.45) is 23.2 Å². The smallest absolute Gasteiger partial charge is 0.374 e. The summed E-state index contributed by atoms with van der Waals surface area (Å²) in [6.07, 6.45) is 7.66. The van der Waals surface area contributed by atoms with Crippen LogP contribution in [0.2, 0.25) is 0 Å². The molecule has 6 heteroatoms. The van der Waals surface area contributed by atoms with Gasteiger partial charge in [0.2, 0.25) is 5.76 Å². The average molecular weight is 409 g/mol. The Morgan fingerprint density at radius 2 is 1.77 bits per heavy atom. The third-order valence-electron chi connectivity index (χ3n) is 7.55. The fourth-order valence-corrected chi connectivity index (χ4v) is 6.55. The third-order valence-corrected chi connectivity index (χ3v) is 7.55. The molecule has 30 heavy (non-hydrogen) atoms. The van der Waals surface area contributed by atoms with E-state index in [0.717, 1.165) is 23.8 Å². The molecule has 1 heterocycles. The fraction of sp³-hybridized carbons (Fsp3) is 0.542. The number of fused-ring (bicyclic) bond motifs is 1. The molecule has 4 aliphatic carbocycles. The maximum Gasteiger partial charge on any atom is 0.374 e. The first-order valence-corrected chi connectivity index (χ1v) is 10.9. The number of hydrogen-bond donors (Lipinski definition) is 1. The number of ether oxygens (including phenoxy) is 1. The quantitative estimate of drug-likeness (QED) is 0.762. The Morgan fingerprint density at radius 1 is 1.13 bits per heavy atom. The number of carbonyl (C=O) groups excluding carboxylic acids is 2. The maximum absolute atomic E-state index is 12.5. The van der Waals surface area contributed by atoms with Crippen molar-refractivity contribution in [2.45, 2.75) is 51.5 Å². The van der Waals surface area contributed by atoms with Crippen LogP contribution in [0.1, 0.15) is 56.0 Å². The largest absolute Gasteiger partial charge is 0.450 e. The standard InChI is InChI=1S/C24H27NO5/c1-14(24-10-15-6-16(11-24)8-17(7-15)12-24)25-22(27)13-29-23(28)21-9-19(26)18-4-2-3-5-20(18)30-21/h2-5,9,14-17H,6-8,10-13H2,1H3,(H,25,27)/t14-,15?,16?,17?,24?/m0/s1. The molecule has 4 aliphatic rings. The molecule has 2 aromatic rings. The number of rotatable bonds is 5. The Morgan fingerprint density at radius 3 is 2.43 bits per heavy atom. The van der Waals surface area contributed by atoms with Crippen LogP contribution in [0.15, 0.2) is 39.5 Å². The molecule has 6 nitrogen and oxygen atoms in total. The second-order valence-corrected chi connectivity index (χ2v) is 9.62. The van der Waals surface area contributed by atoms with Gasteiger partial charge in [0.25, 0.3) is 5.91 Å². The number of benzene rings is 1. The highest BCUT2D eigenvalue weighted by molar-refractivity contribution is 5.90. The monoisotopic (exact) mass is 409 g/mol. The second kappa shape index (κ2) is 7.25. The number of amides is 1. The molecule has 1 amide bonds. The first kappa shape index (κ1) is 19.3. The molecule has 0 unspecified atom stereocenters. The number of esters is 1. The average Bonchev–Trinajstić information content (AvgIpc) is 2.71. The van der Waals surface area contributed by atoms with Gasteiger partial charge in [0, 0.05) is 12.1 Å². The number of nitrogens with one attached hydrogen (secondary N) is 1. The van der Waals surface area contributed by atoms with Crippen LogP contribution in [-0.4, -0.2) is 24.5 Å². The lowest BCUT2D eigenvalue weighted by Crippen LogP contribution is -2.56. The van der Waals surface area contributed by atoms with Crippen LogP contribution in [-0.2, 0) is 9.53 Å². The van der Waals surface area contributed by atoms with Crippen molar-refractivity contribution in [1.82, 2.24) is 5.32 Å². The summed E-state index contributed by atoms with van der Waals surface area (Å²) in [6, 6.07) is 7.88. The van der Waals surface area contributed by atoms with Crippen molar-refractivity contribution in [1.29, 1.82) is 0 Å². The molecule has 158 valence electrons. The van der Waals surface area contributed by atoms with Crippen molar-refractivity contribution in [3.8, 4) is 0 Å². The van der Waals surface area contributed by atoms with Crippen LogP contribution >= 0.6 is 0 Å². The molecule has 4 saturated carbocycles. The zero-order valence-corrected chi connectivity index (χ0v) is 17.2. The first-order chi connectivity index (χ1) is 14.4. The Balaban J connectivity index is 1.20. The molecule has 0 spiro atoms. The molecular weight excluding hydrogens is 382 g/mol. The molecular formula is C24H27NO5. The highest BCUT2D eigenvalue weighted by atomic mass is 16.5. The van der Waals surface area contributed by atoms with E-state index in [1.54, 1.807) is 24.3 Å². The molecule has 4 bridgehead atoms. The predicted octanol–water partition coefficient (Wildman–Crippen LogP) is 3.67. The summed E-state index contributed by atoms with van der Waals surface area (Å²) in [4.78, 5) is 36.9. The lowest BCUT2D eigenvalue weighted by atomic mass is 9.48. The van der Waals surface area contributed by atoms with E-state index < -0.39 is 5.97 Å². The van der Waals surface area contributed by atoms with Crippen LogP contribution in [0.3, 0.4) is 0 Å². The van der Waals surface area contributed by atoms with Crippen LogP contribution in [0, 0.1) is 23.2 Å². The lowest BCUT2D eigenvalue weighted by Gasteiger charge is -2.59. The van der Waals surface area contributed by atoms with E-state index in [2.05, 4.69) is 12.2 Å². The topological polar surface area (TPSA) is 85.6 Å². The summed E-state index contributed by atoms with van der Waals surface area (Å²) in [5.41, 5.74) is 0.194. The third kappa shape index (κ3) is 3.42.